The highest BCUT2D eigenvalue weighted by molar-refractivity contribution is 7.80. The molecule has 164 valence electrons. The van der Waals surface area contributed by atoms with E-state index in [1.807, 2.05) is 74.5 Å². The van der Waals surface area contributed by atoms with Crippen molar-refractivity contribution in [2.24, 2.45) is 0 Å². The molecule has 0 aliphatic carbocycles. The van der Waals surface area contributed by atoms with Crippen molar-refractivity contribution in [2.45, 2.75) is 56.9 Å². The third kappa shape index (κ3) is 6.54. The fraction of sp³-hybridized carbons (Fsp3) is 0.500. The molecular weight excluding hydrogens is 400 g/mol. The molecule has 1 fully saturated rings. The van der Waals surface area contributed by atoms with Crippen molar-refractivity contribution in [1.29, 1.82) is 0 Å². The maximum atomic E-state index is 6.38. The van der Waals surface area contributed by atoms with Crippen molar-refractivity contribution in [3.05, 3.63) is 71.8 Å². The van der Waals surface area contributed by atoms with Crippen LogP contribution in [0.15, 0.2) is 60.7 Å². The van der Waals surface area contributed by atoms with Crippen LogP contribution in [0.25, 0.3) is 0 Å². The predicted octanol–water partition coefficient (Wildman–Crippen LogP) is 4.25. The lowest BCUT2D eigenvalue weighted by Crippen LogP contribution is -2.60. The van der Waals surface area contributed by atoms with Gasteiger partial charge in [-0.15, -0.1) is 12.6 Å². The molecule has 1 heterocycles. The number of thiol groups is 1. The first-order chi connectivity index (χ1) is 14.7. The van der Waals surface area contributed by atoms with Crippen LogP contribution in [0.5, 0.6) is 0 Å². The Morgan fingerprint density at radius 3 is 1.83 bits per heavy atom. The average molecular weight is 433 g/mol. The second kappa shape index (κ2) is 12.4. The lowest BCUT2D eigenvalue weighted by Gasteiger charge is -2.44. The summed E-state index contributed by atoms with van der Waals surface area (Å²) in [6.07, 6.45) is -1.30. The van der Waals surface area contributed by atoms with E-state index in [9.17, 15) is 0 Å². The minimum absolute atomic E-state index is 0.273. The van der Waals surface area contributed by atoms with Gasteiger partial charge in [-0.1, -0.05) is 60.7 Å². The van der Waals surface area contributed by atoms with Gasteiger partial charge in [0.15, 0.2) is 0 Å². The van der Waals surface area contributed by atoms with Crippen LogP contribution in [0.4, 0.5) is 0 Å². The Bertz CT molecular complexity index is 714. The third-order valence-corrected chi connectivity index (χ3v) is 5.44. The van der Waals surface area contributed by atoms with E-state index >= 15 is 0 Å². The summed E-state index contributed by atoms with van der Waals surface area (Å²) in [5.41, 5.74) is 1.74. The van der Waals surface area contributed by atoms with Gasteiger partial charge in [-0.05, 0) is 25.0 Å². The van der Waals surface area contributed by atoms with Gasteiger partial charge in [0.25, 0.3) is 0 Å². The van der Waals surface area contributed by atoms with E-state index in [4.69, 9.17) is 36.3 Å². The lowest BCUT2D eigenvalue weighted by molar-refractivity contribution is -0.250. The minimum Gasteiger partial charge on any atom is -0.379 e. The fourth-order valence-corrected chi connectivity index (χ4v) is 3.97. The Labute approximate surface area is 185 Å². The smallest absolute Gasteiger partial charge is 0.129 e. The molecule has 0 radical (unpaired) electrons. The first kappa shape index (κ1) is 23.3. The normalized spacial score (nSPS) is 26.6. The molecule has 2 aromatic carbocycles. The van der Waals surface area contributed by atoms with Gasteiger partial charge in [0.2, 0.25) is 0 Å². The number of benzene rings is 2. The van der Waals surface area contributed by atoms with Crippen molar-refractivity contribution >= 4 is 12.6 Å². The number of ether oxygens (including phenoxy) is 5. The molecule has 0 aromatic heterocycles. The first-order valence-electron chi connectivity index (χ1n) is 10.6. The summed E-state index contributed by atoms with van der Waals surface area (Å²) in [5, 5.41) is 0. The van der Waals surface area contributed by atoms with Crippen LogP contribution in [0.3, 0.4) is 0 Å². The van der Waals surface area contributed by atoms with Crippen molar-refractivity contribution in [2.75, 3.05) is 19.8 Å². The van der Waals surface area contributed by atoms with E-state index in [-0.39, 0.29) is 24.4 Å². The quantitative estimate of drug-likeness (QED) is 0.538. The van der Waals surface area contributed by atoms with E-state index in [0.29, 0.717) is 33.0 Å². The number of hydrogen-bond acceptors (Lipinski definition) is 6. The molecule has 1 aliphatic rings. The number of hydrogen-bond donors (Lipinski definition) is 1. The van der Waals surface area contributed by atoms with Crippen LogP contribution in [-0.4, -0.2) is 49.7 Å². The average Bonchev–Trinajstić information content (AvgIpc) is 2.78. The molecule has 0 spiro atoms. The Morgan fingerprint density at radius 2 is 1.30 bits per heavy atom. The van der Waals surface area contributed by atoms with Gasteiger partial charge in [-0.2, -0.15) is 0 Å². The second-order valence-corrected chi connectivity index (χ2v) is 7.68. The predicted molar refractivity (Wildman–Crippen MR) is 120 cm³/mol. The van der Waals surface area contributed by atoms with Crippen molar-refractivity contribution < 1.29 is 23.7 Å². The maximum Gasteiger partial charge on any atom is 0.129 e. The Kier molecular flexibility index (Phi) is 9.65. The molecule has 0 bridgehead atoms. The van der Waals surface area contributed by atoms with Crippen LogP contribution in [0.2, 0.25) is 0 Å². The molecule has 0 amide bonds. The monoisotopic (exact) mass is 432 g/mol. The minimum atomic E-state index is -0.448. The van der Waals surface area contributed by atoms with Gasteiger partial charge >= 0.3 is 0 Å². The summed E-state index contributed by atoms with van der Waals surface area (Å²) in [6.45, 7) is 6.43. The SMILES string of the molecule is CCOC[C@H]1O[C@@H](S)[C@H](OCc2ccccc2)[C@@H](OCc2ccccc2)[C@H]1OCC. The van der Waals surface area contributed by atoms with Gasteiger partial charge in [0.05, 0.1) is 19.8 Å². The fourth-order valence-electron chi connectivity index (χ4n) is 3.56. The molecule has 30 heavy (non-hydrogen) atoms. The Morgan fingerprint density at radius 1 is 0.733 bits per heavy atom. The molecule has 6 heteroatoms. The highest BCUT2D eigenvalue weighted by Gasteiger charge is 2.47. The molecule has 1 saturated heterocycles. The zero-order valence-electron chi connectivity index (χ0n) is 17.7. The molecule has 1 aliphatic heterocycles. The van der Waals surface area contributed by atoms with Crippen LogP contribution >= 0.6 is 12.6 Å². The molecule has 5 atom stereocenters. The maximum absolute atomic E-state index is 6.38. The van der Waals surface area contributed by atoms with Crippen LogP contribution in [0, 0.1) is 0 Å². The molecule has 0 saturated carbocycles. The van der Waals surface area contributed by atoms with E-state index < -0.39 is 5.44 Å². The zero-order chi connectivity index (χ0) is 21.2. The Hall–Kier alpha value is -1.41. The summed E-state index contributed by atoms with van der Waals surface area (Å²) < 4.78 is 30.5. The third-order valence-electron chi connectivity index (χ3n) is 5.03. The molecule has 0 N–H and O–H groups in total. The molecular formula is C24H32O5S. The first-order valence-corrected chi connectivity index (χ1v) is 11.1. The molecule has 5 nitrogen and oxygen atoms in total. The molecule has 0 unspecified atom stereocenters. The highest BCUT2D eigenvalue weighted by Crippen LogP contribution is 2.31. The van der Waals surface area contributed by atoms with E-state index in [0.717, 1.165) is 11.1 Å². The summed E-state index contributed by atoms with van der Waals surface area (Å²) in [4.78, 5) is 0. The zero-order valence-corrected chi connectivity index (χ0v) is 18.6. The number of rotatable bonds is 11. The summed E-state index contributed by atoms with van der Waals surface area (Å²) in [7, 11) is 0. The molecule has 2 aromatic rings. The van der Waals surface area contributed by atoms with Gasteiger partial charge in [-0.25, -0.2) is 0 Å². The van der Waals surface area contributed by atoms with Crippen LogP contribution in [0.1, 0.15) is 25.0 Å². The van der Waals surface area contributed by atoms with Crippen molar-refractivity contribution in [1.82, 2.24) is 0 Å². The lowest BCUT2D eigenvalue weighted by atomic mass is 9.99. The van der Waals surface area contributed by atoms with Gasteiger partial charge in [0.1, 0.15) is 29.9 Å². The Balaban J connectivity index is 1.77. The molecule has 3 rings (SSSR count). The summed E-state index contributed by atoms with van der Waals surface area (Å²) in [6, 6.07) is 20.2. The van der Waals surface area contributed by atoms with Crippen LogP contribution < -0.4 is 0 Å². The summed E-state index contributed by atoms with van der Waals surface area (Å²) >= 11 is 4.69. The van der Waals surface area contributed by atoms with Gasteiger partial charge in [0, 0.05) is 13.2 Å². The largest absolute Gasteiger partial charge is 0.379 e. The van der Waals surface area contributed by atoms with E-state index in [2.05, 4.69) is 0 Å². The van der Waals surface area contributed by atoms with E-state index in [1.54, 1.807) is 0 Å². The highest BCUT2D eigenvalue weighted by atomic mass is 32.1. The van der Waals surface area contributed by atoms with Gasteiger partial charge in [-0.3, -0.25) is 0 Å². The standard InChI is InChI=1S/C24H32O5S/c1-3-25-17-20-21(26-4-2)22(27-15-18-11-7-5-8-12-18)23(24(30)29-20)28-16-19-13-9-6-10-14-19/h5-14,20-24,30H,3-4,15-17H2,1-2H3/t20-,21+,22+,23-,24+/m1/s1. The topological polar surface area (TPSA) is 46.2 Å². The summed E-state index contributed by atoms with van der Waals surface area (Å²) in [5.74, 6) is 0. The second-order valence-electron chi connectivity index (χ2n) is 7.17. The van der Waals surface area contributed by atoms with Crippen LogP contribution in [-0.2, 0) is 36.9 Å². The van der Waals surface area contributed by atoms with E-state index in [1.165, 1.54) is 0 Å². The van der Waals surface area contributed by atoms with Gasteiger partial charge < -0.3 is 23.7 Å². The van der Waals surface area contributed by atoms with Crippen molar-refractivity contribution in [3.63, 3.8) is 0 Å². The van der Waals surface area contributed by atoms with Crippen molar-refractivity contribution in [3.8, 4) is 0 Å².